The summed E-state index contributed by atoms with van der Waals surface area (Å²) in [6, 6.07) is 0. The quantitative estimate of drug-likeness (QED) is 0.330. The third-order valence-corrected chi connectivity index (χ3v) is 0. The third kappa shape index (κ3) is 318. The zero-order chi connectivity index (χ0) is 5.41. The molecular weight excluding hydrogens is 191 g/mol. The highest BCUT2D eigenvalue weighted by Gasteiger charge is 1.38. The second kappa shape index (κ2) is 18.2. The van der Waals surface area contributed by atoms with Gasteiger partial charge in [-0.05, 0) is 11.4 Å². The number of alkyl halides is 1. The van der Waals surface area contributed by atoms with Crippen molar-refractivity contribution in [3.63, 3.8) is 0 Å². The molecule has 0 radical (unpaired) electrons. The molecule has 38 valence electrons. The van der Waals surface area contributed by atoms with E-state index in [0.717, 1.165) is 6.29 Å². The summed E-state index contributed by atoms with van der Waals surface area (Å²) in [7, 11) is 0. The van der Waals surface area contributed by atoms with Gasteiger partial charge < -0.3 is 4.79 Å². The van der Waals surface area contributed by atoms with Gasteiger partial charge in [0, 0.05) is 0 Å². The number of carbonyl (C=O) groups is 1. The van der Waals surface area contributed by atoms with Crippen LogP contribution in [0.5, 0.6) is 0 Å². The van der Waals surface area contributed by atoms with E-state index in [4.69, 9.17) is 4.79 Å². The van der Waals surface area contributed by atoms with E-state index < -0.39 is 0 Å². The summed E-state index contributed by atoms with van der Waals surface area (Å²) in [6.45, 7) is 3.56. The lowest BCUT2D eigenvalue weighted by atomic mass is 11.0. The molecule has 6 heavy (non-hydrogen) atoms. The van der Waals surface area contributed by atoms with E-state index in [-0.39, 0.29) is 0 Å². The van der Waals surface area contributed by atoms with Crippen molar-refractivity contribution in [1.82, 2.24) is 0 Å². The Morgan fingerprint density at radius 1 is 1.83 bits per heavy atom. The summed E-state index contributed by atoms with van der Waals surface area (Å²) in [4.78, 5) is 8.81. The number of rotatable bonds is 0. The summed E-state index contributed by atoms with van der Waals surface area (Å²) in [5, 5.41) is 0. The van der Waals surface area contributed by atoms with Crippen LogP contribution in [0.4, 0.5) is 0 Å². The smallest absolute Gasteiger partial charge is 0.116 e. The van der Waals surface area contributed by atoms with E-state index in [1.165, 1.54) is 11.4 Å². The molecule has 0 saturated carbocycles. The molecule has 0 atom stereocenters. The highest BCUT2D eigenvalue weighted by Crippen LogP contribution is 1.69. The number of aldehydes is 1. The second-order valence-electron chi connectivity index (χ2n) is 0.503. The Morgan fingerprint density at radius 3 is 1.83 bits per heavy atom. The van der Waals surface area contributed by atoms with Crippen molar-refractivity contribution >= 4 is 28.9 Å². The van der Waals surface area contributed by atoms with Gasteiger partial charge in [0.15, 0.2) is 0 Å². The Hall–Kier alpha value is 0.400. The standard InChI is InChI=1S/C2H5I.C2H4O/c2*1-2-3/h2H2,1H3;2H,1H3. The Bertz CT molecular complexity index is 21.5. The van der Waals surface area contributed by atoms with Gasteiger partial charge in [-0.15, -0.1) is 0 Å². The number of carbonyl (C=O) groups excluding carboxylic acids is 1. The molecule has 0 aliphatic rings. The van der Waals surface area contributed by atoms with Crippen LogP contribution >= 0.6 is 22.6 Å². The topological polar surface area (TPSA) is 17.1 Å². The highest BCUT2D eigenvalue weighted by atomic mass is 127. The molecule has 0 bridgehead atoms. The third-order valence-electron chi connectivity index (χ3n) is 0. The maximum Gasteiger partial charge on any atom is 0.116 e. The molecule has 0 aliphatic carbocycles. The molecule has 1 nitrogen and oxygen atoms in total. The minimum atomic E-state index is 0.750. The molecule has 0 aromatic rings. The molecule has 0 spiro atoms. The van der Waals surface area contributed by atoms with Gasteiger partial charge >= 0.3 is 0 Å². The Kier molecular flexibility index (Phi) is 29.2. The van der Waals surface area contributed by atoms with Crippen LogP contribution in [0.2, 0.25) is 0 Å². The van der Waals surface area contributed by atoms with E-state index in [9.17, 15) is 0 Å². The van der Waals surface area contributed by atoms with Gasteiger partial charge in [0.25, 0.3) is 0 Å². The molecule has 2 heteroatoms. The van der Waals surface area contributed by atoms with Gasteiger partial charge in [-0.1, -0.05) is 29.5 Å². The Labute approximate surface area is 52.3 Å². The van der Waals surface area contributed by atoms with Gasteiger partial charge in [-0.3, -0.25) is 0 Å². The molecule has 0 heterocycles. The molecule has 0 rings (SSSR count). The lowest BCUT2D eigenvalue weighted by Crippen LogP contribution is -1.36. The normalized spacial score (nSPS) is 5.17. The molecule has 0 unspecified atom stereocenters. The van der Waals surface area contributed by atoms with Crippen LogP contribution in [0.15, 0.2) is 0 Å². The van der Waals surface area contributed by atoms with Crippen molar-refractivity contribution < 1.29 is 4.79 Å². The predicted octanol–water partition coefficient (Wildman–Crippen LogP) is 1.65. The van der Waals surface area contributed by atoms with Crippen LogP contribution in [-0.2, 0) is 4.79 Å². The van der Waals surface area contributed by atoms with E-state index in [1.807, 2.05) is 0 Å². The van der Waals surface area contributed by atoms with Crippen LogP contribution in [0.3, 0.4) is 0 Å². The molecule has 0 aliphatic heterocycles. The maximum atomic E-state index is 8.81. The van der Waals surface area contributed by atoms with Gasteiger partial charge in [0.05, 0.1) is 0 Å². The van der Waals surface area contributed by atoms with Crippen LogP contribution in [0.25, 0.3) is 0 Å². The fraction of sp³-hybridized carbons (Fsp3) is 0.750. The fourth-order valence-electron chi connectivity index (χ4n) is 0. The van der Waals surface area contributed by atoms with E-state index in [2.05, 4.69) is 29.5 Å². The molecule has 0 fully saturated rings. The SMILES string of the molecule is CC=O.CCI. The summed E-state index contributed by atoms with van der Waals surface area (Å²) >= 11 is 2.29. The van der Waals surface area contributed by atoms with Crippen molar-refractivity contribution in [1.29, 1.82) is 0 Å². The first-order chi connectivity index (χ1) is 2.83. The van der Waals surface area contributed by atoms with Crippen LogP contribution in [-0.4, -0.2) is 10.7 Å². The first kappa shape index (κ1) is 9.64. The van der Waals surface area contributed by atoms with Crippen molar-refractivity contribution in [2.24, 2.45) is 0 Å². The summed E-state index contributed by atoms with van der Waals surface area (Å²) < 4.78 is 1.22. The van der Waals surface area contributed by atoms with Crippen LogP contribution in [0.1, 0.15) is 13.8 Å². The van der Waals surface area contributed by atoms with Crippen LogP contribution < -0.4 is 0 Å². The fourth-order valence-corrected chi connectivity index (χ4v) is 0. The van der Waals surface area contributed by atoms with E-state index in [1.54, 1.807) is 0 Å². The van der Waals surface area contributed by atoms with Crippen molar-refractivity contribution in [2.75, 3.05) is 4.43 Å². The summed E-state index contributed by atoms with van der Waals surface area (Å²) in [5.74, 6) is 0. The van der Waals surface area contributed by atoms with Gasteiger partial charge in [0.1, 0.15) is 6.29 Å². The average Bonchev–Trinajstić information content (AvgIpc) is 1.39. The molecule has 0 aromatic carbocycles. The molecule has 0 aromatic heterocycles. The van der Waals surface area contributed by atoms with Crippen molar-refractivity contribution in [3.05, 3.63) is 0 Å². The zero-order valence-corrected chi connectivity index (χ0v) is 6.23. The second-order valence-corrected chi connectivity index (χ2v) is 2.03. The van der Waals surface area contributed by atoms with Gasteiger partial charge in [-0.2, -0.15) is 0 Å². The lowest BCUT2D eigenvalue weighted by molar-refractivity contribution is -0.106. The average molecular weight is 200 g/mol. The van der Waals surface area contributed by atoms with E-state index >= 15 is 0 Å². The number of hydrogen-bond acceptors (Lipinski definition) is 1. The minimum absolute atomic E-state index is 0.750. The molecule has 0 saturated heterocycles. The molecule has 0 amide bonds. The van der Waals surface area contributed by atoms with Crippen molar-refractivity contribution in [3.8, 4) is 0 Å². The van der Waals surface area contributed by atoms with Crippen molar-refractivity contribution in [2.45, 2.75) is 13.8 Å². The molecular formula is C4H9IO. The molecule has 0 N–H and O–H groups in total. The maximum absolute atomic E-state index is 8.81. The largest absolute Gasteiger partial charge is 0.304 e. The predicted molar refractivity (Wildman–Crippen MR) is 36.3 cm³/mol. The minimum Gasteiger partial charge on any atom is -0.304 e. The lowest BCUT2D eigenvalue weighted by Gasteiger charge is -1.45. The van der Waals surface area contributed by atoms with E-state index in [0.29, 0.717) is 0 Å². The summed E-state index contributed by atoms with van der Waals surface area (Å²) in [5.41, 5.74) is 0. The Morgan fingerprint density at radius 2 is 1.83 bits per heavy atom. The van der Waals surface area contributed by atoms with Gasteiger partial charge in [-0.25, -0.2) is 0 Å². The summed E-state index contributed by atoms with van der Waals surface area (Å²) in [6.07, 6.45) is 0.750. The highest BCUT2D eigenvalue weighted by molar-refractivity contribution is 14.1. The van der Waals surface area contributed by atoms with Gasteiger partial charge in [0.2, 0.25) is 0 Å². The first-order valence-electron chi connectivity index (χ1n) is 1.79. The Balaban J connectivity index is 0. The number of halogens is 1. The van der Waals surface area contributed by atoms with Crippen LogP contribution in [0, 0.1) is 0 Å². The first-order valence-corrected chi connectivity index (χ1v) is 3.31. The monoisotopic (exact) mass is 200 g/mol. The zero-order valence-electron chi connectivity index (χ0n) is 4.07. The number of hydrogen-bond donors (Lipinski definition) is 0.